The number of hydrogen-bond donors (Lipinski definition) is 3. The summed E-state index contributed by atoms with van der Waals surface area (Å²) in [6.07, 6.45) is 0. The van der Waals surface area contributed by atoms with Crippen molar-refractivity contribution in [1.29, 1.82) is 0 Å². The van der Waals surface area contributed by atoms with Crippen LogP contribution in [0.2, 0.25) is 0 Å². The van der Waals surface area contributed by atoms with Gasteiger partial charge in [0.05, 0.1) is 4.90 Å². The number of sulfonamides is 1. The van der Waals surface area contributed by atoms with Gasteiger partial charge in [-0.05, 0) is 35.9 Å². The number of anilines is 2. The Morgan fingerprint density at radius 3 is 2.38 bits per heavy atom. The van der Waals surface area contributed by atoms with E-state index < -0.39 is 21.7 Å². The summed E-state index contributed by atoms with van der Waals surface area (Å²) in [4.78, 5) is -0.129. The Hall–Kier alpha value is -2.19. The number of hydrogen-bond acceptors (Lipinski definition) is 4. The van der Waals surface area contributed by atoms with Crippen LogP contribution in [0.3, 0.4) is 0 Å². The Labute approximate surface area is 120 Å². The van der Waals surface area contributed by atoms with Crippen LogP contribution in [0.15, 0.2) is 41.3 Å². The van der Waals surface area contributed by atoms with Gasteiger partial charge < -0.3 is 11.1 Å². The predicted octanol–water partition coefficient (Wildman–Crippen LogP) is 1.81. The lowest BCUT2D eigenvalue weighted by Gasteiger charge is -2.09. The molecule has 0 saturated carbocycles. The summed E-state index contributed by atoms with van der Waals surface area (Å²) in [5.41, 5.74) is 6.72. The van der Waals surface area contributed by atoms with Gasteiger partial charge in [0.25, 0.3) is 0 Å². The van der Waals surface area contributed by atoms with Crippen molar-refractivity contribution in [2.45, 2.75) is 11.4 Å². The molecule has 0 amide bonds. The molecule has 0 fully saturated rings. The van der Waals surface area contributed by atoms with Gasteiger partial charge in [-0.25, -0.2) is 22.3 Å². The van der Waals surface area contributed by atoms with Gasteiger partial charge in [-0.3, -0.25) is 0 Å². The third-order valence-corrected chi connectivity index (χ3v) is 3.63. The molecule has 0 spiro atoms. The van der Waals surface area contributed by atoms with E-state index in [0.717, 1.165) is 12.1 Å². The van der Waals surface area contributed by atoms with Gasteiger partial charge in [-0.1, -0.05) is 6.07 Å². The number of rotatable bonds is 4. The SMILES string of the molecule is Nc1cc(NCc2ccc(F)c(F)c2)cc(S(N)(=O)=O)c1. The quantitative estimate of drug-likeness (QED) is 0.750. The monoisotopic (exact) mass is 313 g/mol. The van der Waals surface area contributed by atoms with Crippen molar-refractivity contribution in [2.75, 3.05) is 11.1 Å². The van der Waals surface area contributed by atoms with Crippen molar-refractivity contribution < 1.29 is 17.2 Å². The maximum atomic E-state index is 13.1. The van der Waals surface area contributed by atoms with Gasteiger partial charge in [-0.15, -0.1) is 0 Å². The molecule has 5 N–H and O–H groups in total. The summed E-state index contributed by atoms with van der Waals surface area (Å²) in [6, 6.07) is 7.53. The van der Waals surface area contributed by atoms with E-state index in [0.29, 0.717) is 11.3 Å². The number of primary sulfonamides is 1. The summed E-state index contributed by atoms with van der Waals surface area (Å²) in [7, 11) is -3.87. The van der Waals surface area contributed by atoms with E-state index in [9.17, 15) is 17.2 Å². The molecule has 0 aliphatic carbocycles. The number of nitrogens with two attached hydrogens (primary N) is 2. The van der Waals surface area contributed by atoms with Crippen LogP contribution in [0.25, 0.3) is 0 Å². The van der Waals surface area contributed by atoms with Gasteiger partial charge in [0, 0.05) is 17.9 Å². The average molecular weight is 313 g/mol. The van der Waals surface area contributed by atoms with E-state index in [2.05, 4.69) is 5.32 Å². The van der Waals surface area contributed by atoms with Crippen molar-refractivity contribution in [1.82, 2.24) is 0 Å². The van der Waals surface area contributed by atoms with E-state index >= 15 is 0 Å². The highest BCUT2D eigenvalue weighted by atomic mass is 32.2. The molecule has 0 saturated heterocycles. The fourth-order valence-corrected chi connectivity index (χ4v) is 2.33. The van der Waals surface area contributed by atoms with E-state index in [1.54, 1.807) is 0 Å². The van der Waals surface area contributed by atoms with E-state index in [1.807, 2.05) is 0 Å². The summed E-state index contributed by atoms with van der Waals surface area (Å²) in [5, 5.41) is 7.91. The number of benzene rings is 2. The average Bonchev–Trinajstić information content (AvgIpc) is 2.38. The molecule has 5 nitrogen and oxygen atoms in total. The number of halogens is 2. The second kappa shape index (κ2) is 5.66. The molecule has 0 aromatic heterocycles. The van der Waals surface area contributed by atoms with Gasteiger partial charge in [0.2, 0.25) is 10.0 Å². The maximum absolute atomic E-state index is 13.1. The molecule has 0 bridgehead atoms. The van der Waals surface area contributed by atoms with Crippen LogP contribution in [-0.2, 0) is 16.6 Å². The number of nitrogens with one attached hydrogen (secondary N) is 1. The second-order valence-corrected chi connectivity index (χ2v) is 6.00. The largest absolute Gasteiger partial charge is 0.399 e. The lowest BCUT2D eigenvalue weighted by molar-refractivity contribution is 0.507. The zero-order valence-corrected chi connectivity index (χ0v) is 11.6. The molecule has 2 aromatic carbocycles. The maximum Gasteiger partial charge on any atom is 0.238 e. The van der Waals surface area contributed by atoms with Crippen LogP contribution in [0.5, 0.6) is 0 Å². The minimum atomic E-state index is -3.87. The van der Waals surface area contributed by atoms with E-state index in [1.165, 1.54) is 24.3 Å². The predicted molar refractivity (Wildman–Crippen MR) is 75.9 cm³/mol. The molecule has 2 aromatic rings. The summed E-state index contributed by atoms with van der Waals surface area (Å²) in [5.74, 6) is -1.88. The van der Waals surface area contributed by atoms with Gasteiger partial charge in [0.15, 0.2) is 11.6 Å². The van der Waals surface area contributed by atoms with Gasteiger partial charge in [0.1, 0.15) is 0 Å². The first kappa shape index (κ1) is 15.2. The van der Waals surface area contributed by atoms with Crippen LogP contribution in [-0.4, -0.2) is 8.42 Å². The van der Waals surface area contributed by atoms with E-state index in [-0.39, 0.29) is 17.1 Å². The highest BCUT2D eigenvalue weighted by Gasteiger charge is 2.10. The molecule has 8 heteroatoms. The van der Waals surface area contributed by atoms with Crippen molar-refractivity contribution in [2.24, 2.45) is 5.14 Å². The van der Waals surface area contributed by atoms with Crippen molar-refractivity contribution in [3.05, 3.63) is 53.6 Å². The molecule has 112 valence electrons. The minimum Gasteiger partial charge on any atom is -0.399 e. The fraction of sp³-hybridized carbons (Fsp3) is 0.0769. The Bertz CT molecular complexity index is 779. The molecule has 0 radical (unpaired) electrons. The highest BCUT2D eigenvalue weighted by molar-refractivity contribution is 7.89. The first-order valence-electron chi connectivity index (χ1n) is 5.87. The zero-order valence-electron chi connectivity index (χ0n) is 10.8. The van der Waals surface area contributed by atoms with E-state index in [4.69, 9.17) is 10.9 Å². The highest BCUT2D eigenvalue weighted by Crippen LogP contribution is 2.20. The van der Waals surface area contributed by atoms with Gasteiger partial charge in [-0.2, -0.15) is 0 Å². The van der Waals surface area contributed by atoms with Crippen LogP contribution in [0, 0.1) is 11.6 Å². The van der Waals surface area contributed by atoms with Crippen molar-refractivity contribution >= 4 is 21.4 Å². The molecule has 21 heavy (non-hydrogen) atoms. The van der Waals surface area contributed by atoms with Crippen LogP contribution in [0.1, 0.15) is 5.56 Å². The molecule has 0 unspecified atom stereocenters. The molecular weight excluding hydrogens is 300 g/mol. The normalized spacial score (nSPS) is 11.4. The molecular formula is C13H13F2N3O2S. The third kappa shape index (κ3) is 3.89. The standard InChI is InChI=1S/C13H13F2N3O2S/c14-12-2-1-8(3-13(12)15)7-18-10-4-9(16)5-11(6-10)21(17,19)20/h1-6,18H,7,16H2,(H2,17,19,20). The molecule has 0 heterocycles. The minimum absolute atomic E-state index is 0.129. The lowest BCUT2D eigenvalue weighted by atomic mass is 10.2. The Morgan fingerprint density at radius 2 is 1.76 bits per heavy atom. The first-order valence-corrected chi connectivity index (χ1v) is 7.41. The van der Waals surface area contributed by atoms with Crippen LogP contribution in [0.4, 0.5) is 20.2 Å². The summed E-state index contributed by atoms with van der Waals surface area (Å²) >= 11 is 0. The topological polar surface area (TPSA) is 98.2 Å². The van der Waals surface area contributed by atoms with Crippen molar-refractivity contribution in [3.63, 3.8) is 0 Å². The molecule has 0 aliphatic heterocycles. The zero-order chi connectivity index (χ0) is 15.6. The first-order chi connectivity index (χ1) is 9.75. The second-order valence-electron chi connectivity index (χ2n) is 4.44. The summed E-state index contributed by atoms with van der Waals surface area (Å²) in [6.45, 7) is 0.171. The molecule has 0 atom stereocenters. The van der Waals surface area contributed by atoms with Crippen LogP contribution < -0.4 is 16.2 Å². The Balaban J connectivity index is 2.20. The molecule has 0 aliphatic rings. The van der Waals surface area contributed by atoms with Crippen LogP contribution >= 0.6 is 0 Å². The Morgan fingerprint density at radius 1 is 1.05 bits per heavy atom. The summed E-state index contributed by atoms with van der Waals surface area (Å²) < 4.78 is 48.5. The number of nitrogen functional groups attached to an aromatic ring is 1. The third-order valence-electron chi connectivity index (χ3n) is 2.74. The van der Waals surface area contributed by atoms with Crippen molar-refractivity contribution in [3.8, 4) is 0 Å². The lowest BCUT2D eigenvalue weighted by Crippen LogP contribution is -2.13. The fourth-order valence-electron chi connectivity index (χ4n) is 1.74. The van der Waals surface area contributed by atoms with Gasteiger partial charge >= 0.3 is 0 Å². The smallest absolute Gasteiger partial charge is 0.238 e. The molecule has 2 rings (SSSR count). The Kier molecular flexibility index (Phi) is 4.10.